The summed E-state index contributed by atoms with van der Waals surface area (Å²) < 4.78 is 0. The molecule has 0 radical (unpaired) electrons. The summed E-state index contributed by atoms with van der Waals surface area (Å²) in [5.74, 6) is 1.75. The number of hydrogen-bond donors (Lipinski definition) is 1. The quantitative estimate of drug-likeness (QED) is 0.849. The number of rotatable bonds is 5. The summed E-state index contributed by atoms with van der Waals surface area (Å²) in [6.45, 7) is 9.42. The number of carbonyl (C=O) groups is 2. The zero-order valence-corrected chi connectivity index (χ0v) is 14.7. The van der Waals surface area contributed by atoms with Crippen LogP contribution in [0.4, 0.5) is 0 Å². The Morgan fingerprint density at radius 1 is 1.14 bits per heavy atom. The van der Waals surface area contributed by atoms with Gasteiger partial charge >= 0.3 is 0 Å². The highest BCUT2D eigenvalue weighted by atomic mass is 16.2. The third-order valence-corrected chi connectivity index (χ3v) is 4.73. The zero-order valence-electron chi connectivity index (χ0n) is 14.7. The third-order valence-electron chi connectivity index (χ3n) is 4.73. The van der Waals surface area contributed by atoms with Crippen LogP contribution in [0.15, 0.2) is 0 Å². The lowest BCUT2D eigenvalue weighted by Crippen LogP contribution is -2.54. The summed E-state index contributed by atoms with van der Waals surface area (Å²) in [5, 5.41) is 3.18. The fraction of sp³-hybridized carbons (Fsp3) is 0.889. The molecule has 1 N–H and O–H groups in total. The highest BCUT2D eigenvalue weighted by Gasteiger charge is 2.35. The van der Waals surface area contributed by atoms with Gasteiger partial charge in [-0.2, -0.15) is 0 Å². The Hall–Kier alpha value is -1.06. The maximum absolute atomic E-state index is 12.3. The summed E-state index contributed by atoms with van der Waals surface area (Å²) in [4.78, 5) is 26.5. The fourth-order valence-electron chi connectivity index (χ4n) is 3.28. The molecular weight excluding hydrogens is 276 g/mol. The third kappa shape index (κ3) is 4.99. The van der Waals surface area contributed by atoms with E-state index >= 15 is 0 Å². The monoisotopic (exact) mass is 308 g/mol. The molecule has 0 aromatic rings. The van der Waals surface area contributed by atoms with Gasteiger partial charge < -0.3 is 10.2 Å². The zero-order chi connectivity index (χ0) is 16.3. The van der Waals surface area contributed by atoms with E-state index in [9.17, 15) is 9.59 Å². The van der Waals surface area contributed by atoms with Gasteiger partial charge in [0, 0.05) is 31.0 Å². The van der Waals surface area contributed by atoms with E-state index in [-0.39, 0.29) is 23.3 Å². The number of nitrogens with one attached hydrogen (secondary N) is 1. The van der Waals surface area contributed by atoms with E-state index in [1.165, 1.54) is 19.3 Å². The molecule has 2 amide bonds. The van der Waals surface area contributed by atoms with Crippen molar-refractivity contribution in [2.75, 3.05) is 13.1 Å². The maximum atomic E-state index is 12.3. The normalized spacial score (nSPS) is 25.9. The molecule has 0 bridgehead atoms. The van der Waals surface area contributed by atoms with Crippen molar-refractivity contribution in [1.29, 1.82) is 0 Å². The number of hydrogen-bond acceptors (Lipinski definition) is 2. The van der Waals surface area contributed by atoms with Gasteiger partial charge in [0.1, 0.15) is 0 Å². The van der Waals surface area contributed by atoms with Gasteiger partial charge in [-0.3, -0.25) is 9.59 Å². The molecule has 4 heteroatoms. The fourth-order valence-corrected chi connectivity index (χ4v) is 3.28. The number of piperidine rings is 1. The van der Waals surface area contributed by atoms with Gasteiger partial charge in [-0.25, -0.2) is 0 Å². The molecular formula is C18H32N2O2. The average molecular weight is 308 g/mol. The lowest BCUT2D eigenvalue weighted by atomic mass is 9.88. The Balaban J connectivity index is 1.97. The maximum Gasteiger partial charge on any atom is 0.225 e. The molecule has 2 fully saturated rings. The molecule has 126 valence electrons. The molecule has 1 saturated carbocycles. The lowest BCUT2D eigenvalue weighted by molar-refractivity contribution is -0.136. The Morgan fingerprint density at radius 2 is 1.82 bits per heavy atom. The molecule has 1 aliphatic carbocycles. The second-order valence-electron chi connectivity index (χ2n) is 8.25. The number of amides is 2. The van der Waals surface area contributed by atoms with E-state index in [1.54, 1.807) is 0 Å². The molecule has 22 heavy (non-hydrogen) atoms. The van der Waals surface area contributed by atoms with E-state index in [1.807, 2.05) is 32.6 Å². The van der Waals surface area contributed by atoms with Crippen molar-refractivity contribution in [3.05, 3.63) is 0 Å². The van der Waals surface area contributed by atoms with Crippen molar-refractivity contribution in [3.63, 3.8) is 0 Å². The highest BCUT2D eigenvalue weighted by molar-refractivity contribution is 5.82. The van der Waals surface area contributed by atoms with E-state index in [2.05, 4.69) is 5.32 Å². The SMILES string of the molecule is CCCC(=O)N1CC(CC2CC2)CC(NC(=O)C(C)(C)C)C1. The van der Waals surface area contributed by atoms with Crippen molar-refractivity contribution in [1.82, 2.24) is 10.2 Å². The Bertz CT molecular complexity index is 410. The molecule has 2 atom stereocenters. The van der Waals surface area contributed by atoms with Crippen LogP contribution in [-0.4, -0.2) is 35.8 Å². The summed E-state index contributed by atoms with van der Waals surface area (Å²) in [7, 11) is 0. The summed E-state index contributed by atoms with van der Waals surface area (Å²) in [6.07, 6.45) is 6.45. The van der Waals surface area contributed by atoms with Crippen molar-refractivity contribution >= 4 is 11.8 Å². The molecule has 0 aromatic heterocycles. The van der Waals surface area contributed by atoms with Gasteiger partial charge in [0.15, 0.2) is 0 Å². The van der Waals surface area contributed by atoms with Gasteiger partial charge in [-0.1, -0.05) is 40.5 Å². The minimum atomic E-state index is -0.373. The predicted molar refractivity (Wildman–Crippen MR) is 88.3 cm³/mol. The predicted octanol–water partition coefficient (Wildman–Crippen LogP) is 2.97. The van der Waals surface area contributed by atoms with Gasteiger partial charge in [0.25, 0.3) is 0 Å². The summed E-state index contributed by atoms with van der Waals surface area (Å²) in [6, 6.07) is 0.116. The smallest absolute Gasteiger partial charge is 0.225 e. The molecule has 2 aliphatic rings. The first-order chi connectivity index (χ1) is 10.3. The molecule has 0 aromatic carbocycles. The molecule has 2 rings (SSSR count). The molecule has 2 unspecified atom stereocenters. The first-order valence-corrected chi connectivity index (χ1v) is 8.88. The standard InChI is InChI=1S/C18H32N2O2/c1-5-6-16(21)20-11-14(9-13-7-8-13)10-15(12-20)19-17(22)18(2,3)4/h13-15H,5-12H2,1-4H3,(H,19,22). The van der Waals surface area contributed by atoms with Crippen LogP contribution in [-0.2, 0) is 9.59 Å². The van der Waals surface area contributed by atoms with E-state index in [4.69, 9.17) is 0 Å². The lowest BCUT2D eigenvalue weighted by Gasteiger charge is -2.39. The largest absolute Gasteiger partial charge is 0.351 e. The topological polar surface area (TPSA) is 49.4 Å². The number of likely N-dealkylation sites (tertiary alicyclic amines) is 1. The van der Waals surface area contributed by atoms with Gasteiger partial charge in [0.2, 0.25) is 11.8 Å². The van der Waals surface area contributed by atoms with E-state index in [0.29, 0.717) is 18.9 Å². The molecule has 1 heterocycles. The molecule has 1 aliphatic heterocycles. The molecule has 0 spiro atoms. The van der Waals surface area contributed by atoms with Crippen molar-refractivity contribution in [2.24, 2.45) is 17.3 Å². The Morgan fingerprint density at radius 3 is 2.36 bits per heavy atom. The molecule has 1 saturated heterocycles. The van der Waals surface area contributed by atoms with Crippen LogP contribution in [0.5, 0.6) is 0 Å². The Kier molecular flexibility index (Phi) is 5.51. The van der Waals surface area contributed by atoms with Crippen LogP contribution in [0, 0.1) is 17.3 Å². The van der Waals surface area contributed by atoms with Gasteiger partial charge in [-0.05, 0) is 31.1 Å². The van der Waals surface area contributed by atoms with Crippen molar-refractivity contribution < 1.29 is 9.59 Å². The molecule has 4 nitrogen and oxygen atoms in total. The number of carbonyl (C=O) groups excluding carboxylic acids is 2. The minimum Gasteiger partial charge on any atom is -0.351 e. The number of nitrogens with zero attached hydrogens (tertiary/aromatic N) is 1. The van der Waals surface area contributed by atoms with Crippen LogP contribution < -0.4 is 5.32 Å². The highest BCUT2D eigenvalue weighted by Crippen LogP contribution is 2.38. The second kappa shape index (κ2) is 7.01. The van der Waals surface area contributed by atoms with E-state index < -0.39 is 0 Å². The summed E-state index contributed by atoms with van der Waals surface area (Å²) in [5.41, 5.74) is -0.373. The van der Waals surface area contributed by atoms with Crippen LogP contribution in [0.3, 0.4) is 0 Å². The van der Waals surface area contributed by atoms with Crippen molar-refractivity contribution in [2.45, 2.75) is 72.3 Å². The first-order valence-electron chi connectivity index (χ1n) is 8.88. The second-order valence-corrected chi connectivity index (χ2v) is 8.25. The Labute approximate surface area is 135 Å². The van der Waals surface area contributed by atoms with E-state index in [0.717, 1.165) is 25.3 Å². The van der Waals surface area contributed by atoms with Crippen molar-refractivity contribution in [3.8, 4) is 0 Å². The van der Waals surface area contributed by atoms with Gasteiger partial charge in [-0.15, -0.1) is 0 Å². The minimum absolute atomic E-state index is 0.0902. The van der Waals surface area contributed by atoms with Crippen LogP contribution >= 0.6 is 0 Å². The van der Waals surface area contributed by atoms with Gasteiger partial charge in [0.05, 0.1) is 0 Å². The van der Waals surface area contributed by atoms with Crippen LogP contribution in [0.25, 0.3) is 0 Å². The average Bonchev–Trinajstić information content (AvgIpc) is 3.21. The van der Waals surface area contributed by atoms with Crippen LogP contribution in [0.1, 0.15) is 66.2 Å². The summed E-state index contributed by atoms with van der Waals surface area (Å²) >= 11 is 0. The van der Waals surface area contributed by atoms with Crippen LogP contribution in [0.2, 0.25) is 0 Å². The first kappa shape index (κ1) is 17.3.